The number of methoxy groups -OCH3 is 2. The summed E-state index contributed by atoms with van der Waals surface area (Å²) in [7, 11) is 3.28. The van der Waals surface area contributed by atoms with E-state index in [2.05, 4.69) is 4.98 Å². The quantitative estimate of drug-likeness (QED) is 0.751. The third-order valence-corrected chi connectivity index (χ3v) is 2.46. The molecule has 1 aromatic carbocycles. The first-order chi connectivity index (χ1) is 7.26. The summed E-state index contributed by atoms with van der Waals surface area (Å²) in [6, 6.07) is 5.79. The van der Waals surface area contributed by atoms with Crippen LogP contribution in [0, 0.1) is 6.92 Å². The number of hydrogen-bond donors (Lipinski definition) is 0. The van der Waals surface area contributed by atoms with Crippen LogP contribution in [0.25, 0.3) is 10.9 Å². The summed E-state index contributed by atoms with van der Waals surface area (Å²) in [5, 5.41) is 1.06. The lowest BCUT2D eigenvalue weighted by Crippen LogP contribution is -1.91. The molecule has 0 aliphatic carbocycles. The number of aromatic nitrogens is 1. The van der Waals surface area contributed by atoms with Gasteiger partial charge in [0.25, 0.3) is 0 Å². The standard InChI is InChI=1S/C12H13NO2/c1-8-4-5-13-12-10(8)6-9(14-2)7-11(12)15-3/h4-7H,1-3H3. The predicted molar refractivity (Wildman–Crippen MR) is 59.6 cm³/mol. The van der Waals surface area contributed by atoms with Crippen LogP contribution in [0.1, 0.15) is 5.56 Å². The molecule has 2 aromatic rings. The molecule has 0 fully saturated rings. The third kappa shape index (κ3) is 1.61. The highest BCUT2D eigenvalue weighted by molar-refractivity contribution is 5.88. The van der Waals surface area contributed by atoms with E-state index in [1.165, 1.54) is 0 Å². The van der Waals surface area contributed by atoms with Crippen molar-refractivity contribution in [2.45, 2.75) is 6.92 Å². The molecule has 2 rings (SSSR count). The van der Waals surface area contributed by atoms with E-state index < -0.39 is 0 Å². The zero-order valence-electron chi connectivity index (χ0n) is 9.07. The van der Waals surface area contributed by atoms with E-state index >= 15 is 0 Å². The van der Waals surface area contributed by atoms with Crippen LogP contribution in [0.3, 0.4) is 0 Å². The zero-order valence-corrected chi connectivity index (χ0v) is 9.07. The fourth-order valence-corrected chi connectivity index (χ4v) is 1.60. The van der Waals surface area contributed by atoms with E-state index in [-0.39, 0.29) is 0 Å². The molecule has 0 radical (unpaired) electrons. The maximum atomic E-state index is 5.28. The lowest BCUT2D eigenvalue weighted by molar-refractivity contribution is 0.397. The number of benzene rings is 1. The molecule has 0 unspecified atom stereocenters. The van der Waals surface area contributed by atoms with Gasteiger partial charge in [-0.2, -0.15) is 0 Å². The Kier molecular flexibility index (Phi) is 2.46. The number of hydrogen-bond acceptors (Lipinski definition) is 3. The summed E-state index contributed by atoms with van der Waals surface area (Å²) in [5.41, 5.74) is 2.04. The Morgan fingerprint density at radius 3 is 2.60 bits per heavy atom. The van der Waals surface area contributed by atoms with Crippen LogP contribution in [0.2, 0.25) is 0 Å². The lowest BCUT2D eigenvalue weighted by atomic mass is 10.1. The van der Waals surface area contributed by atoms with E-state index in [9.17, 15) is 0 Å². The van der Waals surface area contributed by atoms with Crippen molar-refractivity contribution in [3.05, 3.63) is 30.0 Å². The normalized spacial score (nSPS) is 10.3. The fraction of sp³-hybridized carbons (Fsp3) is 0.250. The molecule has 15 heavy (non-hydrogen) atoms. The highest BCUT2D eigenvalue weighted by Gasteiger charge is 2.07. The van der Waals surface area contributed by atoms with Crippen molar-refractivity contribution in [1.82, 2.24) is 4.98 Å². The van der Waals surface area contributed by atoms with E-state index in [0.29, 0.717) is 0 Å². The average Bonchev–Trinajstić information content (AvgIpc) is 2.28. The Hall–Kier alpha value is -1.77. The van der Waals surface area contributed by atoms with Crippen LogP contribution in [0.15, 0.2) is 24.4 Å². The van der Waals surface area contributed by atoms with Gasteiger partial charge in [-0.15, -0.1) is 0 Å². The molecule has 0 atom stereocenters. The largest absolute Gasteiger partial charge is 0.497 e. The molecular formula is C12H13NO2. The maximum absolute atomic E-state index is 5.28. The van der Waals surface area contributed by atoms with Gasteiger partial charge in [0.1, 0.15) is 17.0 Å². The number of aryl methyl sites for hydroxylation is 1. The van der Waals surface area contributed by atoms with Crippen LogP contribution in [0.4, 0.5) is 0 Å². The molecule has 0 bridgehead atoms. The highest BCUT2D eigenvalue weighted by Crippen LogP contribution is 2.30. The second-order valence-electron chi connectivity index (χ2n) is 3.35. The van der Waals surface area contributed by atoms with Gasteiger partial charge in [0.05, 0.1) is 14.2 Å². The molecule has 3 heteroatoms. The summed E-state index contributed by atoms with van der Waals surface area (Å²) in [6.07, 6.45) is 1.78. The predicted octanol–water partition coefficient (Wildman–Crippen LogP) is 2.56. The fourth-order valence-electron chi connectivity index (χ4n) is 1.60. The third-order valence-electron chi connectivity index (χ3n) is 2.46. The van der Waals surface area contributed by atoms with Crippen LogP contribution < -0.4 is 9.47 Å². The molecule has 1 aromatic heterocycles. The lowest BCUT2D eigenvalue weighted by Gasteiger charge is -2.09. The monoisotopic (exact) mass is 203 g/mol. The van der Waals surface area contributed by atoms with Gasteiger partial charge in [0.15, 0.2) is 0 Å². The first kappa shape index (κ1) is 9.77. The Morgan fingerprint density at radius 1 is 1.13 bits per heavy atom. The molecule has 0 amide bonds. The SMILES string of the molecule is COc1cc(OC)c2nccc(C)c2c1. The summed E-state index contributed by atoms with van der Waals surface area (Å²) >= 11 is 0. The minimum atomic E-state index is 0.744. The minimum absolute atomic E-state index is 0.744. The molecule has 0 spiro atoms. The Labute approximate surface area is 88.7 Å². The van der Waals surface area contributed by atoms with Crippen molar-refractivity contribution in [2.24, 2.45) is 0 Å². The molecule has 3 nitrogen and oxygen atoms in total. The molecule has 0 saturated carbocycles. The van der Waals surface area contributed by atoms with Gasteiger partial charge in [0, 0.05) is 17.6 Å². The molecule has 0 aliphatic rings. The molecule has 78 valence electrons. The molecule has 0 aliphatic heterocycles. The summed E-state index contributed by atoms with van der Waals surface area (Å²) < 4.78 is 10.5. The minimum Gasteiger partial charge on any atom is -0.497 e. The Bertz CT molecular complexity index is 494. The van der Waals surface area contributed by atoms with Gasteiger partial charge in [0.2, 0.25) is 0 Å². The highest BCUT2D eigenvalue weighted by atomic mass is 16.5. The van der Waals surface area contributed by atoms with Gasteiger partial charge in [-0.25, -0.2) is 0 Å². The van der Waals surface area contributed by atoms with Gasteiger partial charge < -0.3 is 9.47 Å². The average molecular weight is 203 g/mol. The van der Waals surface area contributed by atoms with Crippen molar-refractivity contribution in [2.75, 3.05) is 14.2 Å². The number of ether oxygens (including phenoxy) is 2. The van der Waals surface area contributed by atoms with Gasteiger partial charge in [-0.05, 0) is 24.6 Å². The number of rotatable bonds is 2. The smallest absolute Gasteiger partial charge is 0.148 e. The van der Waals surface area contributed by atoms with Crippen molar-refractivity contribution in [3.8, 4) is 11.5 Å². The van der Waals surface area contributed by atoms with Crippen molar-refractivity contribution >= 4 is 10.9 Å². The van der Waals surface area contributed by atoms with Crippen LogP contribution in [-0.4, -0.2) is 19.2 Å². The number of fused-ring (bicyclic) bond motifs is 1. The van der Waals surface area contributed by atoms with Gasteiger partial charge >= 0.3 is 0 Å². The van der Waals surface area contributed by atoms with Crippen LogP contribution >= 0.6 is 0 Å². The van der Waals surface area contributed by atoms with E-state index in [4.69, 9.17) is 9.47 Å². The zero-order chi connectivity index (χ0) is 10.8. The van der Waals surface area contributed by atoms with E-state index in [1.54, 1.807) is 20.4 Å². The second-order valence-corrected chi connectivity index (χ2v) is 3.35. The van der Waals surface area contributed by atoms with Crippen molar-refractivity contribution in [1.29, 1.82) is 0 Å². The van der Waals surface area contributed by atoms with E-state index in [0.717, 1.165) is 28.0 Å². The first-order valence-electron chi connectivity index (χ1n) is 4.73. The van der Waals surface area contributed by atoms with Crippen molar-refractivity contribution < 1.29 is 9.47 Å². The number of nitrogens with zero attached hydrogens (tertiary/aromatic N) is 1. The van der Waals surface area contributed by atoms with E-state index in [1.807, 2.05) is 25.1 Å². The Morgan fingerprint density at radius 2 is 1.93 bits per heavy atom. The molecule has 0 saturated heterocycles. The first-order valence-corrected chi connectivity index (χ1v) is 4.73. The van der Waals surface area contributed by atoms with Crippen LogP contribution in [-0.2, 0) is 0 Å². The second kappa shape index (κ2) is 3.77. The molecular weight excluding hydrogens is 190 g/mol. The molecule has 1 heterocycles. The van der Waals surface area contributed by atoms with Crippen LogP contribution in [0.5, 0.6) is 11.5 Å². The van der Waals surface area contributed by atoms with Crippen molar-refractivity contribution in [3.63, 3.8) is 0 Å². The summed E-state index contributed by atoms with van der Waals surface area (Å²) in [6.45, 7) is 2.04. The van der Waals surface area contributed by atoms with Gasteiger partial charge in [-0.1, -0.05) is 0 Å². The number of pyridine rings is 1. The maximum Gasteiger partial charge on any atom is 0.148 e. The Balaban J connectivity index is 2.80. The summed E-state index contributed by atoms with van der Waals surface area (Å²) in [5.74, 6) is 1.53. The summed E-state index contributed by atoms with van der Waals surface area (Å²) in [4.78, 5) is 4.31. The van der Waals surface area contributed by atoms with Gasteiger partial charge in [-0.3, -0.25) is 4.98 Å². The molecule has 0 N–H and O–H groups in total. The topological polar surface area (TPSA) is 31.4 Å².